The minimum absolute atomic E-state index is 0.164. The molecule has 0 aliphatic rings. The zero-order chi connectivity index (χ0) is 29.6. The van der Waals surface area contributed by atoms with Crippen LogP contribution in [0.1, 0.15) is 17.3 Å². The van der Waals surface area contributed by atoms with Crippen molar-refractivity contribution >= 4 is 38.2 Å². The highest BCUT2D eigenvalue weighted by molar-refractivity contribution is 7.92. The fourth-order valence-corrected chi connectivity index (χ4v) is 5.48. The van der Waals surface area contributed by atoms with E-state index < -0.39 is 21.7 Å². The molecular formula is C31H24F2N4O4S. The summed E-state index contributed by atoms with van der Waals surface area (Å²) in [4.78, 5) is 17.6. The number of imidazole rings is 1. The summed E-state index contributed by atoms with van der Waals surface area (Å²) in [5, 5.41) is 3.07. The maximum atomic E-state index is 13.7. The van der Waals surface area contributed by atoms with E-state index in [0.29, 0.717) is 33.4 Å². The van der Waals surface area contributed by atoms with Gasteiger partial charge in [0.15, 0.2) is 0 Å². The van der Waals surface area contributed by atoms with Crippen molar-refractivity contribution in [2.24, 2.45) is 0 Å². The second-order valence-electron chi connectivity index (χ2n) is 9.59. The molecule has 0 atom stereocenters. The van der Waals surface area contributed by atoms with E-state index in [2.05, 4.69) is 15.0 Å². The molecule has 0 saturated heterocycles. The number of nitrogens with one attached hydrogen (secondary N) is 2. The largest absolute Gasteiger partial charge is 0.455 e. The number of hydrogen-bond acceptors (Lipinski definition) is 5. The third kappa shape index (κ3) is 4.88. The molecule has 0 bridgehead atoms. The number of sulfonamides is 1. The molecule has 6 rings (SSSR count). The van der Waals surface area contributed by atoms with Crippen LogP contribution in [0.2, 0.25) is 0 Å². The van der Waals surface area contributed by atoms with Crippen molar-refractivity contribution in [3.63, 3.8) is 0 Å². The lowest BCUT2D eigenvalue weighted by Gasteiger charge is -2.13. The Morgan fingerprint density at radius 1 is 0.929 bits per heavy atom. The zero-order valence-corrected chi connectivity index (χ0v) is 23.3. The minimum Gasteiger partial charge on any atom is -0.455 e. The lowest BCUT2D eigenvalue weighted by atomic mass is 9.99. The van der Waals surface area contributed by atoms with E-state index in [1.54, 1.807) is 42.7 Å². The van der Waals surface area contributed by atoms with Crippen LogP contribution in [0, 0.1) is 11.6 Å². The Kier molecular flexibility index (Phi) is 6.74. The highest BCUT2D eigenvalue weighted by Crippen LogP contribution is 2.40. The van der Waals surface area contributed by atoms with Crippen LogP contribution in [0.4, 0.5) is 14.5 Å². The van der Waals surface area contributed by atoms with Crippen LogP contribution >= 0.6 is 0 Å². The van der Waals surface area contributed by atoms with Crippen LogP contribution in [0.5, 0.6) is 0 Å². The van der Waals surface area contributed by atoms with Gasteiger partial charge < -0.3 is 9.73 Å². The Morgan fingerprint density at radius 3 is 2.21 bits per heavy atom. The second kappa shape index (κ2) is 10.4. The molecule has 3 aromatic heterocycles. The standard InChI is InChI=1S/C31H24F2N4O4S/c1-3-42(39,40)36-25-15-27-24(29(31(38)34-2)30(41-27)19-6-11-22(33)12-7-19)14-23(25)20-8-13-28-35-16-26(37(28)17-20)18-4-9-21(32)10-5-18/h4-17,36H,3H2,1-2H3,(H,34,38). The number of benzene rings is 3. The monoisotopic (exact) mass is 586 g/mol. The topological polar surface area (TPSA) is 106 Å². The van der Waals surface area contributed by atoms with Crippen molar-refractivity contribution in [2.75, 3.05) is 17.5 Å². The molecule has 0 fully saturated rings. The van der Waals surface area contributed by atoms with Gasteiger partial charge in [0.1, 0.15) is 28.6 Å². The third-order valence-electron chi connectivity index (χ3n) is 6.99. The summed E-state index contributed by atoms with van der Waals surface area (Å²) in [6, 6.07) is 18.4. The van der Waals surface area contributed by atoms with Gasteiger partial charge in [0.2, 0.25) is 10.0 Å². The van der Waals surface area contributed by atoms with Gasteiger partial charge in [-0.1, -0.05) is 0 Å². The quantitative estimate of drug-likeness (QED) is 0.223. The van der Waals surface area contributed by atoms with Gasteiger partial charge in [-0.15, -0.1) is 0 Å². The van der Waals surface area contributed by atoms with Gasteiger partial charge in [0.05, 0.1) is 28.9 Å². The number of furan rings is 1. The van der Waals surface area contributed by atoms with Crippen molar-refractivity contribution < 1.29 is 26.4 Å². The number of carbonyl (C=O) groups is 1. The van der Waals surface area contributed by atoms with Crippen molar-refractivity contribution in [3.8, 4) is 33.7 Å². The first-order valence-electron chi connectivity index (χ1n) is 13.0. The minimum atomic E-state index is -3.71. The molecule has 0 unspecified atom stereocenters. The fourth-order valence-electron chi connectivity index (χ4n) is 4.83. The SMILES string of the molecule is CCS(=O)(=O)Nc1cc2oc(-c3ccc(F)cc3)c(C(=O)NC)c2cc1-c1ccc2ncc(-c3ccc(F)cc3)n2c1. The highest BCUT2D eigenvalue weighted by Gasteiger charge is 2.25. The van der Waals surface area contributed by atoms with Crippen LogP contribution in [0.3, 0.4) is 0 Å². The maximum absolute atomic E-state index is 13.7. The van der Waals surface area contributed by atoms with E-state index in [9.17, 15) is 22.0 Å². The van der Waals surface area contributed by atoms with Gasteiger partial charge >= 0.3 is 0 Å². The summed E-state index contributed by atoms with van der Waals surface area (Å²) < 4.78 is 63.2. The molecule has 1 amide bonds. The lowest BCUT2D eigenvalue weighted by Crippen LogP contribution is -2.18. The molecule has 11 heteroatoms. The zero-order valence-electron chi connectivity index (χ0n) is 22.5. The van der Waals surface area contributed by atoms with E-state index >= 15 is 0 Å². The Hall–Kier alpha value is -5.03. The molecule has 0 aliphatic heterocycles. The molecule has 0 aliphatic carbocycles. The maximum Gasteiger partial charge on any atom is 0.255 e. The summed E-state index contributed by atoms with van der Waals surface area (Å²) in [7, 11) is -2.22. The molecule has 6 aromatic rings. The summed E-state index contributed by atoms with van der Waals surface area (Å²) in [6.07, 6.45) is 3.47. The van der Waals surface area contributed by atoms with Crippen molar-refractivity contribution in [1.82, 2.24) is 14.7 Å². The number of pyridine rings is 1. The molecule has 42 heavy (non-hydrogen) atoms. The van der Waals surface area contributed by atoms with E-state index in [-0.39, 0.29) is 34.2 Å². The lowest BCUT2D eigenvalue weighted by molar-refractivity contribution is 0.0964. The number of carbonyl (C=O) groups excluding carboxylic acids is 1. The third-order valence-corrected chi connectivity index (χ3v) is 8.28. The van der Waals surface area contributed by atoms with E-state index in [0.717, 1.165) is 5.56 Å². The fraction of sp³-hybridized carbons (Fsp3) is 0.0968. The van der Waals surface area contributed by atoms with Gasteiger partial charge in [-0.25, -0.2) is 22.2 Å². The Bertz CT molecular complexity index is 2080. The van der Waals surface area contributed by atoms with Gasteiger partial charge in [0, 0.05) is 47.0 Å². The normalized spacial score (nSPS) is 11.7. The van der Waals surface area contributed by atoms with Crippen molar-refractivity contribution in [1.29, 1.82) is 0 Å². The number of anilines is 1. The number of halogens is 2. The molecular weight excluding hydrogens is 562 g/mol. The summed E-state index contributed by atoms with van der Waals surface area (Å²) in [6.45, 7) is 1.52. The highest BCUT2D eigenvalue weighted by atomic mass is 32.2. The first kappa shape index (κ1) is 27.2. The first-order chi connectivity index (χ1) is 20.2. The van der Waals surface area contributed by atoms with Crippen molar-refractivity contribution in [3.05, 3.63) is 102 Å². The smallest absolute Gasteiger partial charge is 0.255 e. The number of nitrogens with zero attached hydrogens (tertiary/aromatic N) is 2. The molecule has 3 heterocycles. The molecule has 0 spiro atoms. The first-order valence-corrected chi connectivity index (χ1v) is 14.6. The molecule has 2 N–H and O–H groups in total. The summed E-state index contributed by atoms with van der Waals surface area (Å²) in [5.74, 6) is -1.17. The van der Waals surface area contributed by atoms with Crippen LogP contribution < -0.4 is 10.0 Å². The molecule has 0 radical (unpaired) electrons. The second-order valence-corrected chi connectivity index (χ2v) is 11.6. The van der Waals surface area contributed by atoms with Crippen LogP contribution in [0.25, 0.3) is 50.3 Å². The number of fused-ring (bicyclic) bond motifs is 2. The molecule has 0 saturated carbocycles. The van der Waals surface area contributed by atoms with Crippen molar-refractivity contribution in [2.45, 2.75) is 6.92 Å². The van der Waals surface area contributed by atoms with Gasteiger partial charge in [0.25, 0.3) is 5.91 Å². The van der Waals surface area contributed by atoms with Crippen LogP contribution in [0.15, 0.2) is 89.6 Å². The predicted octanol–water partition coefficient (Wildman–Crippen LogP) is 6.48. The number of amides is 1. The van der Waals surface area contributed by atoms with Crippen LogP contribution in [-0.2, 0) is 10.0 Å². The van der Waals surface area contributed by atoms with Gasteiger partial charge in [-0.05, 0) is 73.7 Å². The predicted molar refractivity (Wildman–Crippen MR) is 158 cm³/mol. The number of aromatic nitrogens is 2. The Labute approximate surface area is 239 Å². The van der Waals surface area contributed by atoms with Crippen LogP contribution in [-0.4, -0.2) is 36.5 Å². The summed E-state index contributed by atoms with van der Waals surface area (Å²) >= 11 is 0. The molecule has 212 valence electrons. The number of hydrogen-bond donors (Lipinski definition) is 2. The Morgan fingerprint density at radius 2 is 1.57 bits per heavy atom. The average Bonchev–Trinajstić information content (AvgIpc) is 3.58. The molecule has 3 aromatic carbocycles. The average molecular weight is 587 g/mol. The summed E-state index contributed by atoms with van der Waals surface area (Å²) in [5.41, 5.74) is 4.39. The van der Waals surface area contributed by atoms with Gasteiger partial charge in [-0.2, -0.15) is 0 Å². The van der Waals surface area contributed by atoms with Gasteiger partial charge in [-0.3, -0.25) is 13.9 Å². The van der Waals surface area contributed by atoms with E-state index in [4.69, 9.17) is 4.42 Å². The molecule has 8 nitrogen and oxygen atoms in total. The van der Waals surface area contributed by atoms with E-state index in [1.807, 2.05) is 4.40 Å². The Balaban J connectivity index is 1.61. The number of rotatable bonds is 7. The van der Waals surface area contributed by atoms with E-state index in [1.165, 1.54) is 56.4 Å².